The predicted octanol–water partition coefficient (Wildman–Crippen LogP) is 3.07. The minimum absolute atomic E-state index is 0.0629. The number of aromatic amines is 1. The van der Waals surface area contributed by atoms with Crippen LogP contribution in [0.5, 0.6) is 0 Å². The van der Waals surface area contributed by atoms with E-state index in [2.05, 4.69) is 25.1 Å². The maximum Gasteiger partial charge on any atom is 0.220 e. The van der Waals surface area contributed by atoms with E-state index in [0.717, 1.165) is 67.8 Å². The first-order valence-corrected chi connectivity index (χ1v) is 9.75. The predicted molar refractivity (Wildman–Crippen MR) is 105 cm³/mol. The highest BCUT2D eigenvalue weighted by Crippen LogP contribution is 2.44. The van der Waals surface area contributed by atoms with Crippen molar-refractivity contribution in [2.75, 3.05) is 18.8 Å². The van der Waals surface area contributed by atoms with Crippen LogP contribution < -0.4 is 5.73 Å². The molecule has 0 amide bonds. The second-order valence-electron chi connectivity index (χ2n) is 7.98. The number of likely N-dealkylation sites (tertiary alicyclic amines) is 1. The molecule has 7 heteroatoms. The van der Waals surface area contributed by atoms with Crippen molar-refractivity contribution in [3.05, 3.63) is 59.3 Å². The summed E-state index contributed by atoms with van der Waals surface area (Å²) in [5.74, 6) is 0.121. The molecule has 0 radical (unpaired) electrons. The number of nitrogens with zero attached hydrogens (tertiary/aromatic N) is 4. The molecule has 1 aromatic carbocycles. The quantitative estimate of drug-likeness (QED) is 0.732. The fourth-order valence-corrected chi connectivity index (χ4v) is 4.88. The van der Waals surface area contributed by atoms with Crippen LogP contribution in [-0.4, -0.2) is 38.2 Å². The maximum atomic E-state index is 13.7. The number of hydrogen-bond acceptors (Lipinski definition) is 5. The van der Waals surface area contributed by atoms with Gasteiger partial charge < -0.3 is 5.73 Å². The van der Waals surface area contributed by atoms with E-state index in [-0.39, 0.29) is 11.2 Å². The van der Waals surface area contributed by atoms with E-state index in [1.54, 1.807) is 12.1 Å². The SMILES string of the molecule is Nc1ncc2c(n1)C1(CCCN(Cc3cn[nH]c3-c3cccc(F)c3)C1)CC2. The molecule has 5 rings (SSSR count). The first-order valence-electron chi connectivity index (χ1n) is 9.75. The second kappa shape index (κ2) is 6.67. The van der Waals surface area contributed by atoms with Crippen molar-refractivity contribution < 1.29 is 4.39 Å². The molecule has 2 aliphatic rings. The molecular weight excluding hydrogens is 355 g/mol. The van der Waals surface area contributed by atoms with Crippen molar-refractivity contribution in [1.29, 1.82) is 0 Å². The van der Waals surface area contributed by atoms with Gasteiger partial charge in [0.25, 0.3) is 0 Å². The van der Waals surface area contributed by atoms with Crippen LogP contribution in [0.15, 0.2) is 36.7 Å². The molecule has 28 heavy (non-hydrogen) atoms. The Kier molecular flexibility index (Phi) is 4.12. The number of rotatable bonds is 3. The zero-order valence-corrected chi connectivity index (χ0v) is 15.7. The minimum Gasteiger partial charge on any atom is -0.368 e. The molecule has 1 spiro atoms. The fourth-order valence-electron chi connectivity index (χ4n) is 4.88. The van der Waals surface area contributed by atoms with Gasteiger partial charge in [-0.3, -0.25) is 10.00 Å². The van der Waals surface area contributed by atoms with E-state index in [9.17, 15) is 4.39 Å². The lowest BCUT2D eigenvalue weighted by Crippen LogP contribution is -2.45. The Morgan fingerprint density at radius 2 is 2.18 bits per heavy atom. The summed E-state index contributed by atoms with van der Waals surface area (Å²) >= 11 is 0. The molecule has 1 unspecified atom stereocenters. The van der Waals surface area contributed by atoms with Crippen LogP contribution in [0.1, 0.15) is 36.1 Å². The monoisotopic (exact) mass is 378 g/mol. The minimum atomic E-state index is -0.241. The summed E-state index contributed by atoms with van der Waals surface area (Å²) in [5.41, 5.74) is 11.1. The Labute approximate surface area is 163 Å². The average molecular weight is 378 g/mol. The number of piperidine rings is 1. The van der Waals surface area contributed by atoms with E-state index in [4.69, 9.17) is 5.73 Å². The van der Waals surface area contributed by atoms with Crippen LogP contribution in [0.3, 0.4) is 0 Å². The highest BCUT2D eigenvalue weighted by molar-refractivity contribution is 5.62. The van der Waals surface area contributed by atoms with Crippen LogP contribution in [0, 0.1) is 5.82 Å². The number of anilines is 1. The topological polar surface area (TPSA) is 83.7 Å². The number of nitrogens with one attached hydrogen (secondary N) is 1. The average Bonchev–Trinajstić information content (AvgIpc) is 3.28. The number of benzene rings is 1. The third-order valence-corrected chi connectivity index (χ3v) is 6.14. The van der Waals surface area contributed by atoms with E-state index in [1.165, 1.54) is 11.6 Å². The third kappa shape index (κ3) is 2.96. The van der Waals surface area contributed by atoms with Crippen LogP contribution in [0.25, 0.3) is 11.3 Å². The Balaban J connectivity index is 1.40. The van der Waals surface area contributed by atoms with Crippen LogP contribution in [0.2, 0.25) is 0 Å². The molecule has 2 aromatic heterocycles. The van der Waals surface area contributed by atoms with Crippen molar-refractivity contribution in [2.24, 2.45) is 0 Å². The Morgan fingerprint density at radius 3 is 3.07 bits per heavy atom. The van der Waals surface area contributed by atoms with E-state index in [1.807, 2.05) is 18.5 Å². The van der Waals surface area contributed by atoms with Gasteiger partial charge in [0.05, 0.1) is 17.6 Å². The zero-order chi connectivity index (χ0) is 19.1. The third-order valence-electron chi connectivity index (χ3n) is 6.14. The lowest BCUT2D eigenvalue weighted by atomic mass is 9.77. The summed E-state index contributed by atoms with van der Waals surface area (Å²) in [6, 6.07) is 6.64. The van der Waals surface area contributed by atoms with Gasteiger partial charge in [-0.15, -0.1) is 0 Å². The van der Waals surface area contributed by atoms with Gasteiger partial charge >= 0.3 is 0 Å². The van der Waals surface area contributed by atoms with E-state index >= 15 is 0 Å². The van der Waals surface area contributed by atoms with Crippen molar-refractivity contribution >= 4 is 5.95 Å². The molecule has 0 bridgehead atoms. The van der Waals surface area contributed by atoms with Crippen molar-refractivity contribution in [3.8, 4) is 11.3 Å². The number of aryl methyl sites for hydroxylation is 1. The van der Waals surface area contributed by atoms with Crippen molar-refractivity contribution in [3.63, 3.8) is 0 Å². The number of halogens is 1. The number of nitrogens with two attached hydrogens (primary N) is 1. The molecule has 1 fully saturated rings. The number of hydrogen-bond donors (Lipinski definition) is 2. The van der Waals surface area contributed by atoms with Gasteiger partial charge in [-0.25, -0.2) is 14.4 Å². The molecule has 1 aliphatic heterocycles. The normalized spacial score (nSPS) is 21.9. The Bertz CT molecular complexity index is 1010. The standard InChI is InChI=1S/C21H23FN6/c22-17-4-1-3-14(9-17)18-16(11-25-27-18)12-28-8-2-6-21(13-28)7-5-15-10-24-20(23)26-19(15)21/h1,3-4,9-11H,2,5-8,12-13H2,(H,25,27)(H2,23,24,26). The first-order chi connectivity index (χ1) is 13.6. The first kappa shape index (κ1) is 17.3. The van der Waals surface area contributed by atoms with Gasteiger partial charge in [0, 0.05) is 35.8 Å². The van der Waals surface area contributed by atoms with Gasteiger partial charge in [-0.2, -0.15) is 5.10 Å². The fraction of sp³-hybridized carbons (Fsp3) is 0.381. The zero-order valence-electron chi connectivity index (χ0n) is 15.7. The molecule has 1 saturated heterocycles. The molecule has 3 N–H and O–H groups in total. The summed E-state index contributed by atoms with van der Waals surface area (Å²) in [5, 5.41) is 7.26. The number of nitrogen functional groups attached to an aromatic ring is 1. The molecular formula is C21H23FN6. The summed E-state index contributed by atoms with van der Waals surface area (Å²) in [6.45, 7) is 2.76. The second-order valence-corrected chi connectivity index (χ2v) is 7.98. The largest absolute Gasteiger partial charge is 0.368 e. The molecule has 3 aromatic rings. The lowest BCUT2D eigenvalue weighted by Gasteiger charge is -2.40. The number of aromatic nitrogens is 4. The summed E-state index contributed by atoms with van der Waals surface area (Å²) < 4.78 is 13.7. The Morgan fingerprint density at radius 1 is 1.25 bits per heavy atom. The number of H-pyrrole nitrogens is 1. The van der Waals surface area contributed by atoms with Gasteiger partial charge in [0.2, 0.25) is 5.95 Å². The van der Waals surface area contributed by atoms with Crippen LogP contribution in [-0.2, 0) is 18.4 Å². The molecule has 1 aliphatic carbocycles. The van der Waals surface area contributed by atoms with Gasteiger partial charge in [0.15, 0.2) is 0 Å². The van der Waals surface area contributed by atoms with E-state index < -0.39 is 0 Å². The van der Waals surface area contributed by atoms with E-state index in [0.29, 0.717) is 5.95 Å². The highest BCUT2D eigenvalue weighted by atomic mass is 19.1. The molecule has 6 nitrogen and oxygen atoms in total. The van der Waals surface area contributed by atoms with Crippen LogP contribution in [0.4, 0.5) is 10.3 Å². The molecule has 144 valence electrons. The van der Waals surface area contributed by atoms with Gasteiger partial charge in [0.1, 0.15) is 5.82 Å². The summed E-state index contributed by atoms with van der Waals surface area (Å²) in [7, 11) is 0. The summed E-state index contributed by atoms with van der Waals surface area (Å²) in [6.07, 6.45) is 8.11. The van der Waals surface area contributed by atoms with Gasteiger partial charge in [-0.1, -0.05) is 12.1 Å². The Hall–Kier alpha value is -2.80. The number of fused-ring (bicyclic) bond motifs is 2. The molecule has 0 saturated carbocycles. The smallest absolute Gasteiger partial charge is 0.220 e. The highest BCUT2D eigenvalue weighted by Gasteiger charge is 2.43. The van der Waals surface area contributed by atoms with Gasteiger partial charge in [-0.05, 0) is 49.9 Å². The summed E-state index contributed by atoms with van der Waals surface area (Å²) in [4.78, 5) is 11.3. The van der Waals surface area contributed by atoms with Crippen molar-refractivity contribution in [2.45, 2.75) is 37.6 Å². The molecule has 1 atom stereocenters. The maximum absolute atomic E-state index is 13.7. The van der Waals surface area contributed by atoms with Crippen molar-refractivity contribution in [1.82, 2.24) is 25.1 Å². The molecule has 3 heterocycles. The van der Waals surface area contributed by atoms with Crippen LogP contribution >= 0.6 is 0 Å². The lowest BCUT2D eigenvalue weighted by molar-refractivity contribution is 0.137.